The van der Waals surface area contributed by atoms with E-state index in [9.17, 15) is 14.4 Å². The first kappa shape index (κ1) is 24.4. The molecule has 0 atom stereocenters. The van der Waals surface area contributed by atoms with E-state index in [1.807, 2.05) is 0 Å². The van der Waals surface area contributed by atoms with Crippen molar-refractivity contribution in [3.8, 4) is 23.0 Å². The molecule has 186 valence electrons. The van der Waals surface area contributed by atoms with Crippen molar-refractivity contribution in [1.29, 1.82) is 0 Å². The highest BCUT2D eigenvalue weighted by molar-refractivity contribution is 6.04. The van der Waals surface area contributed by atoms with Crippen LogP contribution >= 0.6 is 0 Å². The average Bonchev–Trinajstić information content (AvgIpc) is 2.90. The number of nitrogens with one attached hydrogen (secondary N) is 2. The Morgan fingerprint density at radius 1 is 0.806 bits per heavy atom. The second-order valence-corrected chi connectivity index (χ2v) is 7.80. The lowest BCUT2D eigenvalue weighted by Crippen LogP contribution is -2.35. The lowest BCUT2D eigenvalue weighted by Gasteiger charge is -2.12. The Hall–Kier alpha value is -4.73. The number of hydrogen-bond donors (Lipinski definition) is 2. The van der Waals surface area contributed by atoms with Gasteiger partial charge in [-0.15, -0.1) is 0 Å². The molecule has 0 aliphatic rings. The fraction of sp³-hybridized carbons (Fsp3) is 0.192. The van der Waals surface area contributed by atoms with Crippen LogP contribution in [-0.4, -0.2) is 43.9 Å². The monoisotopic (exact) mass is 491 g/mol. The molecule has 0 aliphatic heterocycles. The van der Waals surface area contributed by atoms with Crippen molar-refractivity contribution >= 4 is 22.5 Å². The molecule has 3 aromatic carbocycles. The van der Waals surface area contributed by atoms with Crippen LogP contribution in [-0.2, 0) is 6.54 Å². The largest absolute Gasteiger partial charge is 0.493 e. The molecule has 1 aromatic heterocycles. The molecule has 0 saturated heterocycles. The summed E-state index contributed by atoms with van der Waals surface area (Å²) in [6, 6.07) is 14.8. The minimum absolute atomic E-state index is 0.0238. The maximum atomic E-state index is 13.1. The summed E-state index contributed by atoms with van der Waals surface area (Å²) in [5, 5.41) is 3.10. The Bertz CT molecular complexity index is 1540. The van der Waals surface area contributed by atoms with Crippen LogP contribution in [0.5, 0.6) is 23.0 Å². The molecule has 0 spiro atoms. The minimum Gasteiger partial charge on any atom is -0.493 e. The zero-order chi connectivity index (χ0) is 25.8. The maximum Gasteiger partial charge on any atom is 0.329 e. The van der Waals surface area contributed by atoms with E-state index in [0.29, 0.717) is 45.3 Å². The summed E-state index contributed by atoms with van der Waals surface area (Å²) in [6.07, 6.45) is 0. The molecule has 2 N–H and O–H groups in total. The Balaban J connectivity index is 1.56. The van der Waals surface area contributed by atoms with Crippen molar-refractivity contribution in [2.24, 2.45) is 0 Å². The smallest absolute Gasteiger partial charge is 0.329 e. The van der Waals surface area contributed by atoms with Gasteiger partial charge in [-0.3, -0.25) is 14.2 Å². The summed E-state index contributed by atoms with van der Waals surface area (Å²) >= 11 is 0. The molecule has 0 radical (unpaired) electrons. The van der Waals surface area contributed by atoms with Crippen LogP contribution in [0, 0.1) is 0 Å². The molecule has 0 fully saturated rings. The van der Waals surface area contributed by atoms with E-state index in [-0.39, 0.29) is 17.8 Å². The van der Waals surface area contributed by atoms with Gasteiger partial charge in [0.2, 0.25) is 0 Å². The molecule has 0 aliphatic carbocycles. The zero-order valence-corrected chi connectivity index (χ0v) is 20.2. The number of hydrogen-bond acceptors (Lipinski definition) is 7. The lowest BCUT2D eigenvalue weighted by atomic mass is 10.1. The van der Waals surface area contributed by atoms with Crippen molar-refractivity contribution in [3.05, 3.63) is 86.6 Å². The average molecular weight is 492 g/mol. The van der Waals surface area contributed by atoms with Gasteiger partial charge in [-0.05, 0) is 35.9 Å². The summed E-state index contributed by atoms with van der Waals surface area (Å²) in [5.74, 6) is 1.50. The number of H-pyrrole nitrogens is 1. The summed E-state index contributed by atoms with van der Waals surface area (Å²) in [4.78, 5) is 41.1. The van der Waals surface area contributed by atoms with Gasteiger partial charge in [-0.1, -0.05) is 12.1 Å². The predicted octanol–water partition coefficient (Wildman–Crippen LogP) is 3.02. The van der Waals surface area contributed by atoms with Crippen LogP contribution in [0.2, 0.25) is 0 Å². The van der Waals surface area contributed by atoms with Gasteiger partial charge in [0.05, 0.1) is 45.9 Å². The number of amides is 1. The van der Waals surface area contributed by atoms with Gasteiger partial charge in [0.15, 0.2) is 23.0 Å². The Morgan fingerprint density at radius 3 is 2.06 bits per heavy atom. The summed E-state index contributed by atoms with van der Waals surface area (Å²) in [5.41, 5.74) is 0.944. The van der Waals surface area contributed by atoms with Crippen LogP contribution in [0.4, 0.5) is 5.69 Å². The third-order valence-electron chi connectivity index (χ3n) is 5.68. The molecule has 36 heavy (non-hydrogen) atoms. The van der Waals surface area contributed by atoms with Gasteiger partial charge < -0.3 is 29.2 Å². The first-order valence-electron chi connectivity index (χ1n) is 10.9. The lowest BCUT2D eigenvalue weighted by molar-refractivity contribution is 0.102. The summed E-state index contributed by atoms with van der Waals surface area (Å²) in [6.45, 7) is 0.0238. The van der Waals surface area contributed by atoms with Crippen LogP contribution in [0.25, 0.3) is 10.9 Å². The van der Waals surface area contributed by atoms with Crippen LogP contribution in [0.1, 0.15) is 15.9 Å². The molecule has 4 aromatic rings. The number of fused-ring (bicyclic) bond motifs is 1. The second kappa shape index (κ2) is 10.3. The first-order chi connectivity index (χ1) is 17.4. The molecule has 1 amide bonds. The molecule has 10 nitrogen and oxygen atoms in total. The van der Waals surface area contributed by atoms with Crippen molar-refractivity contribution < 1.29 is 23.7 Å². The minimum atomic E-state index is -0.560. The van der Waals surface area contributed by atoms with Crippen molar-refractivity contribution in [2.75, 3.05) is 33.8 Å². The van der Waals surface area contributed by atoms with Crippen molar-refractivity contribution in [2.45, 2.75) is 6.54 Å². The summed E-state index contributed by atoms with van der Waals surface area (Å²) in [7, 11) is 5.99. The third-order valence-corrected chi connectivity index (χ3v) is 5.68. The number of methoxy groups -OCH3 is 4. The van der Waals surface area contributed by atoms with Gasteiger partial charge in [0.1, 0.15) is 0 Å². The van der Waals surface area contributed by atoms with Crippen molar-refractivity contribution in [3.63, 3.8) is 0 Å². The molecule has 10 heteroatoms. The number of anilines is 1. The standard InChI is InChI=1S/C26H25N3O7/c1-33-20-10-9-17(11-21(20)34-2)27-24(30)16-7-5-15(6-8-16)14-29-25(31)18-12-22(35-3)23(36-4)13-19(18)28-26(29)32/h5-13H,14H2,1-4H3,(H,27,30)(H,28,32). The van der Waals surface area contributed by atoms with E-state index in [0.717, 1.165) is 4.57 Å². The highest BCUT2D eigenvalue weighted by atomic mass is 16.5. The van der Waals surface area contributed by atoms with E-state index in [4.69, 9.17) is 18.9 Å². The molecule has 0 saturated carbocycles. The fourth-order valence-electron chi connectivity index (χ4n) is 3.78. The summed E-state index contributed by atoms with van der Waals surface area (Å²) < 4.78 is 22.1. The fourth-order valence-corrected chi connectivity index (χ4v) is 3.78. The van der Waals surface area contributed by atoms with E-state index in [2.05, 4.69) is 10.3 Å². The number of carbonyl (C=O) groups excluding carboxylic acids is 1. The number of rotatable bonds is 8. The number of aromatic nitrogens is 2. The van der Waals surface area contributed by atoms with E-state index in [1.165, 1.54) is 34.5 Å². The Labute approximate surface area is 206 Å². The number of ether oxygens (including phenoxy) is 4. The molecule has 1 heterocycles. The van der Waals surface area contributed by atoms with E-state index < -0.39 is 11.2 Å². The normalized spacial score (nSPS) is 10.7. The predicted molar refractivity (Wildman–Crippen MR) is 135 cm³/mol. The van der Waals surface area contributed by atoms with E-state index >= 15 is 0 Å². The Morgan fingerprint density at radius 2 is 1.42 bits per heavy atom. The quantitative estimate of drug-likeness (QED) is 0.389. The SMILES string of the molecule is COc1ccc(NC(=O)c2ccc(Cn3c(=O)[nH]c4cc(OC)c(OC)cc4c3=O)cc2)cc1OC. The molecular formula is C26H25N3O7. The molecular weight excluding hydrogens is 466 g/mol. The highest BCUT2D eigenvalue weighted by Gasteiger charge is 2.14. The van der Waals surface area contributed by atoms with Gasteiger partial charge in [0, 0.05) is 23.4 Å². The number of nitrogens with zero attached hydrogens (tertiary/aromatic N) is 1. The van der Waals surface area contributed by atoms with Gasteiger partial charge >= 0.3 is 5.69 Å². The number of carbonyl (C=O) groups is 1. The maximum absolute atomic E-state index is 13.1. The van der Waals surface area contributed by atoms with Gasteiger partial charge in [0.25, 0.3) is 11.5 Å². The second-order valence-electron chi connectivity index (χ2n) is 7.80. The molecule has 0 unspecified atom stereocenters. The Kier molecular flexibility index (Phi) is 6.95. The van der Waals surface area contributed by atoms with Crippen LogP contribution in [0.3, 0.4) is 0 Å². The first-order valence-corrected chi connectivity index (χ1v) is 10.9. The van der Waals surface area contributed by atoms with Gasteiger partial charge in [-0.25, -0.2) is 4.79 Å². The molecule has 4 rings (SSSR count). The topological polar surface area (TPSA) is 121 Å². The van der Waals surface area contributed by atoms with E-state index in [1.54, 1.807) is 48.5 Å². The van der Waals surface area contributed by atoms with Crippen LogP contribution < -0.4 is 35.5 Å². The van der Waals surface area contributed by atoms with Gasteiger partial charge in [-0.2, -0.15) is 0 Å². The van der Waals surface area contributed by atoms with Crippen molar-refractivity contribution in [1.82, 2.24) is 9.55 Å². The highest BCUT2D eigenvalue weighted by Crippen LogP contribution is 2.30. The van der Waals surface area contributed by atoms with Crippen LogP contribution in [0.15, 0.2) is 64.2 Å². The molecule has 0 bridgehead atoms. The zero-order valence-electron chi connectivity index (χ0n) is 20.2. The third kappa shape index (κ3) is 4.74. The number of aromatic amines is 1. The number of benzene rings is 3.